The van der Waals surface area contributed by atoms with E-state index < -0.39 is 0 Å². The summed E-state index contributed by atoms with van der Waals surface area (Å²) in [6.07, 6.45) is 0.459. The van der Waals surface area contributed by atoms with Gasteiger partial charge in [0.2, 0.25) is 11.8 Å². The minimum Gasteiger partial charge on any atom is -0.325 e. The first-order chi connectivity index (χ1) is 9.43. The number of rotatable bonds is 5. The predicted octanol–water partition coefficient (Wildman–Crippen LogP) is 2.88. The number of hydrazone groups is 1. The van der Waals surface area contributed by atoms with Crippen molar-refractivity contribution < 1.29 is 9.59 Å². The molecule has 6 heteroatoms. The van der Waals surface area contributed by atoms with E-state index in [2.05, 4.69) is 15.8 Å². The first-order valence-electron chi connectivity index (χ1n) is 6.31. The van der Waals surface area contributed by atoms with Crippen LogP contribution < -0.4 is 10.7 Å². The topological polar surface area (TPSA) is 70.6 Å². The molecule has 0 aliphatic rings. The minimum absolute atomic E-state index is 0.107. The normalized spacial score (nSPS) is 11.1. The molecular weight excluding hydrogens is 278 g/mol. The summed E-state index contributed by atoms with van der Waals surface area (Å²) in [7, 11) is 0. The Morgan fingerprint density at radius 3 is 2.65 bits per heavy atom. The van der Waals surface area contributed by atoms with Crippen LogP contribution in [0.2, 0.25) is 5.02 Å². The van der Waals surface area contributed by atoms with Crippen LogP contribution in [0.1, 0.15) is 32.3 Å². The van der Waals surface area contributed by atoms with Crippen molar-refractivity contribution in [3.05, 3.63) is 28.8 Å². The third-order valence-corrected chi connectivity index (χ3v) is 3.06. The van der Waals surface area contributed by atoms with Crippen LogP contribution in [0.3, 0.4) is 0 Å². The van der Waals surface area contributed by atoms with Gasteiger partial charge in [-0.3, -0.25) is 9.59 Å². The monoisotopic (exact) mass is 295 g/mol. The molecule has 0 unspecified atom stereocenters. The first-order valence-corrected chi connectivity index (χ1v) is 6.68. The lowest BCUT2D eigenvalue weighted by Gasteiger charge is -2.09. The van der Waals surface area contributed by atoms with Crippen LogP contribution in [0.4, 0.5) is 5.69 Å². The van der Waals surface area contributed by atoms with Gasteiger partial charge in [-0.05, 0) is 31.5 Å². The van der Waals surface area contributed by atoms with Gasteiger partial charge in [0.15, 0.2) is 0 Å². The van der Waals surface area contributed by atoms with Crippen LogP contribution in [0.15, 0.2) is 23.3 Å². The zero-order valence-corrected chi connectivity index (χ0v) is 12.5. The van der Waals surface area contributed by atoms with Gasteiger partial charge < -0.3 is 5.32 Å². The Bertz CT molecular complexity index is 541. The van der Waals surface area contributed by atoms with E-state index in [-0.39, 0.29) is 18.2 Å². The predicted molar refractivity (Wildman–Crippen MR) is 81.0 cm³/mol. The largest absolute Gasteiger partial charge is 0.325 e. The van der Waals surface area contributed by atoms with E-state index in [1.807, 2.05) is 6.92 Å². The van der Waals surface area contributed by atoms with Crippen LogP contribution in [-0.4, -0.2) is 17.5 Å². The number of carbonyl (C=O) groups excluding carboxylic acids is 2. The lowest BCUT2D eigenvalue weighted by molar-refractivity contribution is -0.121. The van der Waals surface area contributed by atoms with Gasteiger partial charge >= 0.3 is 0 Å². The Morgan fingerprint density at radius 2 is 2.00 bits per heavy atom. The molecule has 0 aromatic heterocycles. The molecule has 0 saturated heterocycles. The number of nitrogens with zero attached hydrogens (tertiary/aromatic N) is 1. The average molecular weight is 296 g/mol. The fourth-order valence-corrected chi connectivity index (χ4v) is 1.62. The number of anilines is 1. The molecule has 0 saturated carbocycles. The van der Waals surface area contributed by atoms with E-state index in [4.69, 9.17) is 11.6 Å². The molecule has 2 amide bonds. The van der Waals surface area contributed by atoms with Gasteiger partial charge in [-0.25, -0.2) is 5.43 Å². The van der Waals surface area contributed by atoms with Crippen molar-refractivity contribution in [2.75, 3.05) is 5.32 Å². The summed E-state index contributed by atoms with van der Waals surface area (Å²) in [5, 5.41) is 7.21. The van der Waals surface area contributed by atoms with Crippen molar-refractivity contribution in [1.29, 1.82) is 0 Å². The number of hydrogen-bond acceptors (Lipinski definition) is 3. The maximum absolute atomic E-state index is 11.9. The fraction of sp³-hybridized carbons (Fsp3) is 0.357. The number of amides is 2. The Balaban J connectivity index is 2.59. The summed E-state index contributed by atoms with van der Waals surface area (Å²) in [6.45, 7) is 5.25. The second-order valence-electron chi connectivity index (χ2n) is 4.37. The summed E-state index contributed by atoms with van der Waals surface area (Å²) in [5.41, 5.74) is 4.39. The average Bonchev–Trinajstić information content (AvgIpc) is 2.41. The number of hydrogen-bond donors (Lipinski definition) is 2. The van der Waals surface area contributed by atoms with Gasteiger partial charge in [-0.2, -0.15) is 5.10 Å². The molecule has 0 aliphatic carbocycles. The molecule has 0 atom stereocenters. The third-order valence-electron chi connectivity index (χ3n) is 2.65. The molecule has 0 spiro atoms. The van der Waals surface area contributed by atoms with Crippen LogP contribution in [0.5, 0.6) is 0 Å². The Kier molecular flexibility index (Phi) is 6.18. The molecule has 20 heavy (non-hydrogen) atoms. The fourth-order valence-electron chi connectivity index (χ4n) is 1.45. The minimum atomic E-state index is -0.206. The molecule has 0 heterocycles. The highest BCUT2D eigenvalue weighted by Crippen LogP contribution is 2.22. The van der Waals surface area contributed by atoms with E-state index in [0.29, 0.717) is 22.8 Å². The van der Waals surface area contributed by atoms with Crippen LogP contribution in [0, 0.1) is 6.92 Å². The van der Waals surface area contributed by atoms with Gasteiger partial charge in [0.1, 0.15) is 0 Å². The quantitative estimate of drug-likeness (QED) is 0.648. The van der Waals surface area contributed by atoms with Crippen molar-refractivity contribution in [3.8, 4) is 0 Å². The van der Waals surface area contributed by atoms with Crippen molar-refractivity contribution in [3.63, 3.8) is 0 Å². The second-order valence-corrected chi connectivity index (χ2v) is 4.78. The van der Waals surface area contributed by atoms with Crippen LogP contribution in [0.25, 0.3) is 0 Å². The molecule has 1 rings (SSSR count). The zero-order chi connectivity index (χ0) is 15.1. The molecule has 1 aromatic carbocycles. The highest BCUT2D eigenvalue weighted by molar-refractivity contribution is 6.31. The SMILES string of the molecule is CCC(=O)N/N=C(/C)CC(=O)Nc1cccc(Cl)c1C. The molecule has 0 radical (unpaired) electrons. The van der Waals surface area contributed by atoms with Crippen molar-refractivity contribution in [2.45, 2.75) is 33.6 Å². The van der Waals surface area contributed by atoms with E-state index >= 15 is 0 Å². The van der Waals surface area contributed by atoms with Gasteiger partial charge in [0.05, 0.1) is 6.42 Å². The Labute approximate surface area is 123 Å². The Hall–Kier alpha value is -1.88. The summed E-state index contributed by atoms with van der Waals surface area (Å²) in [4.78, 5) is 22.9. The summed E-state index contributed by atoms with van der Waals surface area (Å²) < 4.78 is 0. The summed E-state index contributed by atoms with van der Waals surface area (Å²) in [5.74, 6) is -0.391. The van der Waals surface area contributed by atoms with Gasteiger partial charge in [-0.15, -0.1) is 0 Å². The van der Waals surface area contributed by atoms with Crippen molar-refractivity contribution >= 4 is 34.8 Å². The van der Waals surface area contributed by atoms with Crippen LogP contribution >= 0.6 is 11.6 Å². The lowest BCUT2D eigenvalue weighted by atomic mass is 10.2. The van der Waals surface area contributed by atoms with Crippen LogP contribution in [-0.2, 0) is 9.59 Å². The number of nitrogens with one attached hydrogen (secondary N) is 2. The van der Waals surface area contributed by atoms with E-state index in [1.54, 1.807) is 32.0 Å². The molecule has 0 bridgehead atoms. The third kappa shape index (κ3) is 5.01. The molecule has 5 nitrogen and oxygen atoms in total. The highest BCUT2D eigenvalue weighted by atomic mass is 35.5. The molecule has 0 aliphatic heterocycles. The van der Waals surface area contributed by atoms with Gasteiger partial charge in [0.25, 0.3) is 0 Å². The molecule has 108 valence electrons. The van der Waals surface area contributed by atoms with E-state index in [1.165, 1.54) is 0 Å². The Morgan fingerprint density at radius 1 is 1.30 bits per heavy atom. The number of benzene rings is 1. The highest BCUT2D eigenvalue weighted by Gasteiger charge is 2.08. The lowest BCUT2D eigenvalue weighted by Crippen LogP contribution is -2.20. The van der Waals surface area contributed by atoms with E-state index in [0.717, 1.165) is 5.56 Å². The molecule has 1 aromatic rings. The first kappa shape index (κ1) is 16.2. The smallest absolute Gasteiger partial charge is 0.239 e. The number of carbonyl (C=O) groups is 2. The van der Waals surface area contributed by atoms with Crippen molar-refractivity contribution in [2.24, 2.45) is 5.10 Å². The zero-order valence-electron chi connectivity index (χ0n) is 11.8. The summed E-state index contributed by atoms with van der Waals surface area (Å²) >= 11 is 5.98. The number of halogens is 1. The van der Waals surface area contributed by atoms with E-state index in [9.17, 15) is 9.59 Å². The molecule has 2 N–H and O–H groups in total. The van der Waals surface area contributed by atoms with Gasteiger partial charge in [0, 0.05) is 22.8 Å². The molecule has 0 fully saturated rings. The standard InChI is InChI=1S/C14H18ClN3O2/c1-4-13(19)18-17-9(2)8-14(20)16-12-7-5-6-11(15)10(12)3/h5-7H,4,8H2,1-3H3,(H,16,20)(H,18,19)/b17-9-. The maximum atomic E-state index is 11.9. The second kappa shape index (κ2) is 7.65. The maximum Gasteiger partial charge on any atom is 0.239 e. The molecular formula is C14H18ClN3O2. The summed E-state index contributed by atoms with van der Waals surface area (Å²) in [6, 6.07) is 5.32. The van der Waals surface area contributed by atoms with Gasteiger partial charge in [-0.1, -0.05) is 24.6 Å². The van der Waals surface area contributed by atoms with Crippen molar-refractivity contribution in [1.82, 2.24) is 5.43 Å².